The molecule has 4 nitrogen and oxygen atoms in total. The van der Waals surface area contributed by atoms with Gasteiger partial charge in [-0.05, 0) is 31.0 Å². The van der Waals surface area contributed by atoms with Crippen LogP contribution in [0.3, 0.4) is 0 Å². The third-order valence-corrected chi connectivity index (χ3v) is 4.54. The molecule has 1 fully saturated rings. The maximum absolute atomic E-state index is 12.7. The summed E-state index contributed by atoms with van der Waals surface area (Å²) in [7, 11) is 0. The molecule has 1 aromatic carbocycles. The molecule has 0 aliphatic carbocycles. The number of halogens is 2. The van der Waals surface area contributed by atoms with Gasteiger partial charge in [-0.15, -0.1) is 0 Å². The van der Waals surface area contributed by atoms with Gasteiger partial charge in [-0.3, -0.25) is 4.79 Å². The number of ether oxygens (including phenoxy) is 1. The fraction of sp³-hybridized carbons (Fsp3) is 0.562. The summed E-state index contributed by atoms with van der Waals surface area (Å²) in [6, 6.07) is 5.33. The Bertz CT molecular complexity index is 538. The average molecular weight is 346 g/mol. The highest BCUT2D eigenvalue weighted by Gasteiger charge is 2.31. The van der Waals surface area contributed by atoms with Crippen molar-refractivity contribution in [2.75, 3.05) is 19.8 Å². The highest BCUT2D eigenvalue weighted by Crippen LogP contribution is 2.25. The van der Waals surface area contributed by atoms with E-state index < -0.39 is 0 Å². The number of amides is 1. The Labute approximate surface area is 141 Å². The molecule has 1 aliphatic heterocycles. The summed E-state index contributed by atoms with van der Waals surface area (Å²) in [4.78, 5) is 14.5. The van der Waals surface area contributed by atoms with E-state index >= 15 is 0 Å². The summed E-state index contributed by atoms with van der Waals surface area (Å²) in [5.41, 5.74) is 0.909. The molecule has 1 aromatic rings. The van der Waals surface area contributed by atoms with Crippen molar-refractivity contribution >= 4 is 29.1 Å². The zero-order valence-corrected chi connectivity index (χ0v) is 14.3. The van der Waals surface area contributed by atoms with Crippen LogP contribution in [0.1, 0.15) is 19.4 Å². The maximum atomic E-state index is 12.7. The summed E-state index contributed by atoms with van der Waals surface area (Å²) in [6.07, 6.45) is 0.259. The lowest BCUT2D eigenvalue weighted by Crippen LogP contribution is -2.53. The van der Waals surface area contributed by atoms with E-state index in [2.05, 4.69) is 0 Å². The Morgan fingerprint density at radius 2 is 2.23 bits per heavy atom. The van der Waals surface area contributed by atoms with Crippen LogP contribution in [0, 0.1) is 5.92 Å². The van der Waals surface area contributed by atoms with Crippen LogP contribution in [0.15, 0.2) is 18.2 Å². The van der Waals surface area contributed by atoms with Crippen molar-refractivity contribution < 1.29 is 14.6 Å². The van der Waals surface area contributed by atoms with Crippen molar-refractivity contribution in [3.8, 4) is 0 Å². The predicted octanol–water partition coefficient (Wildman–Crippen LogP) is 2.78. The second kappa shape index (κ2) is 7.64. The molecule has 0 spiro atoms. The minimum absolute atomic E-state index is 0.0124. The van der Waals surface area contributed by atoms with Crippen LogP contribution < -0.4 is 0 Å². The summed E-state index contributed by atoms with van der Waals surface area (Å²) in [5, 5.41) is 10.4. The Morgan fingerprint density at radius 3 is 2.86 bits per heavy atom. The highest BCUT2D eigenvalue weighted by molar-refractivity contribution is 6.35. The molecular weight excluding hydrogens is 325 g/mol. The fourth-order valence-electron chi connectivity index (χ4n) is 2.62. The van der Waals surface area contributed by atoms with Crippen LogP contribution in [0.5, 0.6) is 0 Å². The molecular formula is C16H21Cl2NO3. The van der Waals surface area contributed by atoms with E-state index in [-0.39, 0.29) is 30.6 Å². The standard InChI is InChI=1S/C16H21Cl2NO3/c1-10(5-12-3-4-13(17)6-15(12)18)16(21)19-7-14(8-20)22-9-11(19)2/h3-4,6,10-11,14,20H,5,7-9H2,1-2H3. The van der Waals surface area contributed by atoms with Gasteiger partial charge in [0.1, 0.15) is 0 Å². The third-order valence-electron chi connectivity index (χ3n) is 3.96. The first-order valence-electron chi connectivity index (χ1n) is 7.39. The van der Waals surface area contributed by atoms with E-state index in [9.17, 15) is 9.90 Å². The minimum atomic E-state index is -0.300. The summed E-state index contributed by atoms with van der Waals surface area (Å²) in [6.45, 7) is 4.64. The number of morpholine rings is 1. The Hall–Kier alpha value is -0.810. The van der Waals surface area contributed by atoms with Gasteiger partial charge in [0.25, 0.3) is 0 Å². The SMILES string of the molecule is CC(Cc1ccc(Cl)cc1Cl)C(=O)N1CC(CO)OCC1C. The Morgan fingerprint density at radius 1 is 1.50 bits per heavy atom. The minimum Gasteiger partial charge on any atom is -0.394 e. The third kappa shape index (κ3) is 4.13. The monoisotopic (exact) mass is 345 g/mol. The first-order chi connectivity index (χ1) is 10.4. The maximum Gasteiger partial charge on any atom is 0.226 e. The van der Waals surface area contributed by atoms with Gasteiger partial charge in [-0.1, -0.05) is 36.2 Å². The quantitative estimate of drug-likeness (QED) is 0.912. The zero-order valence-electron chi connectivity index (χ0n) is 12.8. The van der Waals surface area contributed by atoms with Crippen LogP contribution in [0.4, 0.5) is 0 Å². The van der Waals surface area contributed by atoms with Crippen LogP contribution in [0.25, 0.3) is 0 Å². The molecule has 1 aliphatic rings. The fourth-order valence-corrected chi connectivity index (χ4v) is 3.11. The molecule has 1 saturated heterocycles. The van der Waals surface area contributed by atoms with Crippen LogP contribution in [-0.2, 0) is 16.0 Å². The topological polar surface area (TPSA) is 49.8 Å². The molecule has 3 unspecified atom stereocenters. The van der Waals surface area contributed by atoms with E-state index in [1.807, 2.05) is 19.9 Å². The van der Waals surface area contributed by atoms with Gasteiger partial charge in [0, 0.05) is 22.5 Å². The number of carbonyl (C=O) groups is 1. The van der Waals surface area contributed by atoms with Gasteiger partial charge >= 0.3 is 0 Å². The average Bonchev–Trinajstić information content (AvgIpc) is 2.49. The largest absolute Gasteiger partial charge is 0.394 e. The summed E-state index contributed by atoms with van der Waals surface area (Å²) in [5.74, 6) is -0.140. The van der Waals surface area contributed by atoms with Crippen molar-refractivity contribution in [1.29, 1.82) is 0 Å². The van der Waals surface area contributed by atoms with E-state index in [1.165, 1.54) is 0 Å². The Balaban J connectivity index is 2.04. The normalized spacial score (nSPS) is 23.4. The van der Waals surface area contributed by atoms with Crippen molar-refractivity contribution in [3.05, 3.63) is 33.8 Å². The molecule has 0 aromatic heterocycles. The number of benzene rings is 1. The summed E-state index contributed by atoms with van der Waals surface area (Å²) < 4.78 is 5.47. The number of carbonyl (C=O) groups excluding carboxylic acids is 1. The molecule has 1 amide bonds. The second-order valence-electron chi connectivity index (χ2n) is 5.82. The van der Waals surface area contributed by atoms with E-state index in [1.54, 1.807) is 17.0 Å². The second-order valence-corrected chi connectivity index (χ2v) is 6.66. The summed E-state index contributed by atoms with van der Waals surface area (Å²) >= 11 is 12.1. The van der Waals surface area contributed by atoms with Gasteiger partial charge in [-0.25, -0.2) is 0 Å². The molecule has 6 heteroatoms. The lowest BCUT2D eigenvalue weighted by Gasteiger charge is -2.38. The van der Waals surface area contributed by atoms with Gasteiger partial charge in [0.15, 0.2) is 0 Å². The molecule has 2 rings (SSSR count). The lowest BCUT2D eigenvalue weighted by atomic mass is 9.98. The number of nitrogens with zero attached hydrogens (tertiary/aromatic N) is 1. The van der Waals surface area contributed by atoms with Gasteiger partial charge in [-0.2, -0.15) is 0 Å². The van der Waals surface area contributed by atoms with E-state index in [0.29, 0.717) is 29.6 Å². The van der Waals surface area contributed by atoms with Crippen LogP contribution in [-0.4, -0.2) is 47.8 Å². The smallest absolute Gasteiger partial charge is 0.226 e. The van der Waals surface area contributed by atoms with E-state index in [4.69, 9.17) is 27.9 Å². The first kappa shape index (κ1) is 17.5. The number of aliphatic hydroxyl groups is 1. The van der Waals surface area contributed by atoms with Crippen molar-refractivity contribution in [2.45, 2.75) is 32.4 Å². The molecule has 22 heavy (non-hydrogen) atoms. The van der Waals surface area contributed by atoms with Crippen LogP contribution >= 0.6 is 23.2 Å². The predicted molar refractivity (Wildman–Crippen MR) is 87.3 cm³/mol. The Kier molecular flexibility index (Phi) is 6.09. The molecule has 0 saturated carbocycles. The lowest BCUT2D eigenvalue weighted by molar-refractivity contribution is -0.149. The molecule has 3 atom stereocenters. The van der Waals surface area contributed by atoms with Gasteiger partial charge in [0.2, 0.25) is 5.91 Å². The molecule has 1 N–H and O–H groups in total. The zero-order chi connectivity index (χ0) is 16.3. The number of rotatable bonds is 4. The highest BCUT2D eigenvalue weighted by atomic mass is 35.5. The first-order valence-corrected chi connectivity index (χ1v) is 8.14. The van der Waals surface area contributed by atoms with E-state index in [0.717, 1.165) is 5.56 Å². The van der Waals surface area contributed by atoms with Crippen molar-refractivity contribution in [3.63, 3.8) is 0 Å². The van der Waals surface area contributed by atoms with Crippen molar-refractivity contribution in [1.82, 2.24) is 4.90 Å². The van der Waals surface area contributed by atoms with Crippen molar-refractivity contribution in [2.24, 2.45) is 5.92 Å². The van der Waals surface area contributed by atoms with Gasteiger partial charge < -0.3 is 14.7 Å². The molecule has 1 heterocycles. The van der Waals surface area contributed by atoms with Gasteiger partial charge in [0.05, 0.1) is 25.4 Å². The molecule has 0 radical (unpaired) electrons. The number of hydrogen-bond donors (Lipinski definition) is 1. The molecule has 122 valence electrons. The van der Waals surface area contributed by atoms with Crippen LogP contribution in [0.2, 0.25) is 10.0 Å². The number of hydrogen-bond acceptors (Lipinski definition) is 3. The number of aliphatic hydroxyl groups excluding tert-OH is 1. The molecule has 0 bridgehead atoms.